The number of esters is 1. The van der Waals surface area contributed by atoms with Gasteiger partial charge in [-0.15, -0.1) is 0 Å². The number of rotatable bonds is 2. The van der Waals surface area contributed by atoms with Crippen LogP contribution in [0.5, 0.6) is 11.5 Å². The Bertz CT molecular complexity index is 406. The first-order valence-corrected chi connectivity index (χ1v) is 5.31. The van der Waals surface area contributed by atoms with Gasteiger partial charge in [-0.05, 0) is 28.7 Å². The molecule has 1 aromatic carbocycles. The molecule has 0 aliphatic rings. The summed E-state index contributed by atoms with van der Waals surface area (Å²) in [6.45, 7) is 0. The molecule has 6 heteroatoms. The van der Waals surface area contributed by atoms with Crippen molar-refractivity contribution in [1.82, 2.24) is 0 Å². The largest absolute Gasteiger partial charge is 0.505 e. The number of methoxy groups -OCH3 is 2. The maximum atomic E-state index is 11.3. The minimum atomic E-state index is -0.551. The van der Waals surface area contributed by atoms with Crippen LogP contribution < -0.4 is 4.74 Å². The first kappa shape index (κ1) is 12.4. The molecule has 0 saturated heterocycles. The van der Waals surface area contributed by atoms with Gasteiger partial charge in [0.2, 0.25) is 0 Å². The Labute approximate surface area is 105 Å². The first-order valence-electron chi connectivity index (χ1n) is 3.86. The number of phenolic OH excluding ortho intramolecular Hbond substituents is 1. The molecule has 0 fully saturated rings. The lowest BCUT2D eigenvalue weighted by molar-refractivity contribution is 0.0598. The third-order valence-electron chi connectivity index (χ3n) is 1.77. The van der Waals surface area contributed by atoms with E-state index in [9.17, 15) is 9.90 Å². The molecule has 0 bridgehead atoms. The number of carbonyl (C=O) groups excluding carboxylic acids is 1. The topological polar surface area (TPSA) is 55.8 Å². The van der Waals surface area contributed by atoms with Gasteiger partial charge in [0.1, 0.15) is 10.8 Å². The van der Waals surface area contributed by atoms with Crippen molar-refractivity contribution in [2.75, 3.05) is 14.2 Å². The Kier molecular flexibility index (Phi) is 4.04. The van der Waals surface area contributed by atoms with E-state index in [-0.39, 0.29) is 22.1 Å². The fourth-order valence-electron chi connectivity index (χ4n) is 1.01. The number of hydrogen-bond acceptors (Lipinski definition) is 4. The summed E-state index contributed by atoms with van der Waals surface area (Å²) in [5, 5.41) is 9.69. The molecule has 1 aromatic rings. The van der Waals surface area contributed by atoms with Gasteiger partial charge in [0.05, 0.1) is 23.4 Å². The summed E-state index contributed by atoms with van der Waals surface area (Å²) in [7, 11) is 2.66. The van der Waals surface area contributed by atoms with Crippen LogP contribution in [0.1, 0.15) is 10.4 Å². The molecule has 0 amide bonds. The van der Waals surface area contributed by atoms with Crippen molar-refractivity contribution < 1.29 is 19.4 Å². The van der Waals surface area contributed by atoms with Crippen molar-refractivity contribution in [2.24, 2.45) is 0 Å². The van der Waals surface area contributed by atoms with Gasteiger partial charge >= 0.3 is 5.97 Å². The first-order chi connectivity index (χ1) is 7.02. The summed E-state index contributed by atoms with van der Waals surface area (Å²) in [4.78, 5) is 11.3. The van der Waals surface area contributed by atoms with Gasteiger partial charge in [-0.2, -0.15) is 0 Å². The fraction of sp³-hybridized carbons (Fsp3) is 0.222. The average molecular weight is 343 g/mol. The molecule has 0 saturated carbocycles. The minimum Gasteiger partial charge on any atom is -0.505 e. The molecule has 0 radical (unpaired) electrons. The van der Waals surface area contributed by atoms with E-state index in [1.54, 1.807) is 0 Å². The van der Waals surface area contributed by atoms with E-state index in [2.05, 4.69) is 4.74 Å². The number of aromatic hydroxyl groups is 1. The van der Waals surface area contributed by atoms with E-state index in [4.69, 9.17) is 16.3 Å². The quantitative estimate of drug-likeness (QED) is 0.662. The standard InChI is InChI=1S/C9H8ClIO4/c1-14-5-3-4(9(13)15-2)7(11)8(12)6(5)10/h3,12H,1-2H3. The lowest BCUT2D eigenvalue weighted by atomic mass is 10.2. The highest BCUT2D eigenvalue weighted by molar-refractivity contribution is 14.1. The van der Waals surface area contributed by atoms with Gasteiger partial charge in [0.25, 0.3) is 0 Å². The molecule has 0 atom stereocenters. The maximum Gasteiger partial charge on any atom is 0.339 e. The van der Waals surface area contributed by atoms with Crippen LogP contribution >= 0.6 is 34.2 Å². The summed E-state index contributed by atoms with van der Waals surface area (Å²) < 4.78 is 9.81. The second kappa shape index (κ2) is 4.89. The van der Waals surface area contributed by atoms with E-state index in [1.165, 1.54) is 20.3 Å². The molecule has 0 aliphatic heterocycles. The van der Waals surface area contributed by atoms with Crippen LogP contribution in [0.4, 0.5) is 0 Å². The van der Waals surface area contributed by atoms with Crippen LogP contribution in [-0.4, -0.2) is 25.3 Å². The Morgan fingerprint density at radius 2 is 2.13 bits per heavy atom. The molecule has 1 rings (SSSR count). The Morgan fingerprint density at radius 1 is 1.53 bits per heavy atom. The van der Waals surface area contributed by atoms with Crippen LogP contribution in [-0.2, 0) is 4.74 Å². The highest BCUT2D eigenvalue weighted by atomic mass is 127. The van der Waals surface area contributed by atoms with Gasteiger partial charge in [-0.1, -0.05) is 11.6 Å². The Hall–Kier alpha value is -0.690. The van der Waals surface area contributed by atoms with Gasteiger partial charge < -0.3 is 14.6 Å². The van der Waals surface area contributed by atoms with Crippen molar-refractivity contribution >= 4 is 40.2 Å². The van der Waals surface area contributed by atoms with E-state index in [1.807, 2.05) is 22.6 Å². The molecule has 15 heavy (non-hydrogen) atoms. The van der Waals surface area contributed by atoms with Gasteiger partial charge in [-0.3, -0.25) is 0 Å². The molecule has 0 aliphatic carbocycles. The zero-order chi connectivity index (χ0) is 11.6. The van der Waals surface area contributed by atoms with Crippen molar-refractivity contribution in [3.8, 4) is 11.5 Å². The van der Waals surface area contributed by atoms with E-state index in [0.29, 0.717) is 3.57 Å². The lowest BCUT2D eigenvalue weighted by Crippen LogP contribution is -2.05. The van der Waals surface area contributed by atoms with Crippen LogP contribution in [0.3, 0.4) is 0 Å². The third kappa shape index (κ3) is 2.28. The molecular weight excluding hydrogens is 334 g/mol. The second-order valence-electron chi connectivity index (χ2n) is 2.59. The van der Waals surface area contributed by atoms with Crippen molar-refractivity contribution in [2.45, 2.75) is 0 Å². The predicted molar refractivity (Wildman–Crippen MR) is 63.7 cm³/mol. The number of halogens is 2. The molecule has 82 valence electrons. The number of ether oxygens (including phenoxy) is 2. The summed E-state index contributed by atoms with van der Waals surface area (Å²) in [5.41, 5.74) is 0.219. The number of carbonyl (C=O) groups is 1. The van der Waals surface area contributed by atoms with Crippen LogP contribution in [0.15, 0.2) is 6.07 Å². The average Bonchev–Trinajstić information content (AvgIpc) is 2.25. The molecule has 0 unspecified atom stereocenters. The normalized spacial score (nSPS) is 9.87. The second-order valence-corrected chi connectivity index (χ2v) is 4.05. The van der Waals surface area contributed by atoms with Gasteiger partial charge in [0.15, 0.2) is 5.75 Å². The molecule has 1 N–H and O–H groups in total. The zero-order valence-electron chi connectivity index (χ0n) is 8.01. The van der Waals surface area contributed by atoms with Crippen molar-refractivity contribution in [3.63, 3.8) is 0 Å². The monoisotopic (exact) mass is 342 g/mol. The zero-order valence-corrected chi connectivity index (χ0v) is 10.9. The predicted octanol–water partition coefficient (Wildman–Crippen LogP) is 2.45. The Balaban J connectivity index is 3.41. The number of benzene rings is 1. The summed E-state index contributed by atoms with van der Waals surface area (Å²) in [6, 6.07) is 1.43. The molecule has 0 heterocycles. The molecule has 0 aromatic heterocycles. The summed E-state index contributed by atoms with van der Waals surface area (Å²) in [5.74, 6) is -0.503. The van der Waals surface area contributed by atoms with Gasteiger partial charge in [-0.25, -0.2) is 4.79 Å². The lowest BCUT2D eigenvalue weighted by Gasteiger charge is -2.10. The maximum absolute atomic E-state index is 11.3. The van der Waals surface area contributed by atoms with Crippen LogP contribution in [0, 0.1) is 3.57 Å². The highest BCUT2D eigenvalue weighted by Gasteiger charge is 2.19. The number of hydrogen-bond donors (Lipinski definition) is 1. The van der Waals surface area contributed by atoms with Crippen LogP contribution in [0.2, 0.25) is 5.02 Å². The molecule has 4 nitrogen and oxygen atoms in total. The number of phenols is 1. The summed E-state index contributed by atoms with van der Waals surface area (Å²) in [6.07, 6.45) is 0. The minimum absolute atomic E-state index is 0.0783. The van der Waals surface area contributed by atoms with Gasteiger partial charge in [0, 0.05) is 0 Å². The fourth-order valence-corrected chi connectivity index (χ4v) is 2.04. The highest BCUT2D eigenvalue weighted by Crippen LogP contribution is 2.39. The summed E-state index contributed by atoms with van der Waals surface area (Å²) >= 11 is 7.60. The Morgan fingerprint density at radius 3 is 2.60 bits per heavy atom. The van der Waals surface area contributed by atoms with Crippen molar-refractivity contribution in [1.29, 1.82) is 0 Å². The SMILES string of the molecule is COC(=O)c1cc(OC)c(Cl)c(O)c1I. The molecule has 0 spiro atoms. The van der Waals surface area contributed by atoms with Crippen molar-refractivity contribution in [3.05, 3.63) is 20.2 Å². The van der Waals surface area contributed by atoms with E-state index < -0.39 is 5.97 Å². The van der Waals surface area contributed by atoms with E-state index >= 15 is 0 Å². The van der Waals surface area contributed by atoms with Crippen LogP contribution in [0.25, 0.3) is 0 Å². The smallest absolute Gasteiger partial charge is 0.339 e. The third-order valence-corrected chi connectivity index (χ3v) is 3.23. The van der Waals surface area contributed by atoms with E-state index in [0.717, 1.165) is 0 Å². The molecular formula is C9H8ClIO4.